The summed E-state index contributed by atoms with van der Waals surface area (Å²) in [4.78, 5) is 27.7. The van der Waals surface area contributed by atoms with Gasteiger partial charge in [-0.05, 0) is 44.4 Å². The molecular formula is C24H31ClN2O2S. The van der Waals surface area contributed by atoms with E-state index in [1.807, 2.05) is 70.2 Å². The maximum Gasteiger partial charge on any atom is 0.243 e. The molecule has 0 aliphatic carbocycles. The van der Waals surface area contributed by atoms with Crippen LogP contribution in [0.15, 0.2) is 48.5 Å². The Labute approximate surface area is 189 Å². The van der Waals surface area contributed by atoms with Gasteiger partial charge in [0.1, 0.15) is 6.04 Å². The SMILES string of the molecule is CC[C@@H](C(=O)NC(C)C)N(Cc1cccc(C)c1)C(=O)CSCc1ccccc1Cl. The van der Waals surface area contributed by atoms with Crippen LogP contribution in [0.5, 0.6) is 0 Å². The number of amides is 2. The molecule has 1 N–H and O–H groups in total. The van der Waals surface area contributed by atoms with E-state index < -0.39 is 6.04 Å². The average molecular weight is 447 g/mol. The largest absolute Gasteiger partial charge is 0.352 e. The lowest BCUT2D eigenvalue weighted by Crippen LogP contribution is -2.50. The predicted molar refractivity (Wildman–Crippen MR) is 127 cm³/mol. The fourth-order valence-electron chi connectivity index (χ4n) is 3.25. The Morgan fingerprint density at radius 2 is 1.87 bits per heavy atom. The maximum absolute atomic E-state index is 13.2. The number of aryl methyl sites for hydroxylation is 1. The number of rotatable bonds is 10. The Bertz CT molecular complexity index is 857. The lowest BCUT2D eigenvalue weighted by atomic mass is 10.1. The lowest BCUT2D eigenvalue weighted by Gasteiger charge is -2.31. The number of hydrogen-bond donors (Lipinski definition) is 1. The molecule has 0 heterocycles. The molecule has 0 spiro atoms. The van der Waals surface area contributed by atoms with Crippen LogP contribution >= 0.6 is 23.4 Å². The third-order valence-corrected chi connectivity index (χ3v) is 6.03. The number of nitrogens with one attached hydrogen (secondary N) is 1. The van der Waals surface area contributed by atoms with Crippen LogP contribution in [-0.2, 0) is 21.9 Å². The van der Waals surface area contributed by atoms with Gasteiger partial charge in [-0.2, -0.15) is 0 Å². The normalized spacial score (nSPS) is 11.9. The van der Waals surface area contributed by atoms with Crippen molar-refractivity contribution in [3.05, 3.63) is 70.2 Å². The van der Waals surface area contributed by atoms with Gasteiger partial charge in [0.2, 0.25) is 11.8 Å². The van der Waals surface area contributed by atoms with E-state index in [-0.39, 0.29) is 17.9 Å². The predicted octanol–water partition coefficient (Wildman–Crippen LogP) is 5.21. The van der Waals surface area contributed by atoms with E-state index in [9.17, 15) is 9.59 Å². The summed E-state index contributed by atoms with van der Waals surface area (Å²) in [5, 5.41) is 3.66. The van der Waals surface area contributed by atoms with E-state index >= 15 is 0 Å². The van der Waals surface area contributed by atoms with Crippen molar-refractivity contribution < 1.29 is 9.59 Å². The molecule has 30 heavy (non-hydrogen) atoms. The van der Waals surface area contributed by atoms with Gasteiger partial charge in [0.15, 0.2) is 0 Å². The molecule has 0 unspecified atom stereocenters. The molecule has 0 bridgehead atoms. The van der Waals surface area contributed by atoms with Crippen LogP contribution in [0.25, 0.3) is 0 Å². The Hall–Kier alpha value is -1.98. The van der Waals surface area contributed by atoms with Crippen molar-refractivity contribution in [2.75, 3.05) is 5.75 Å². The van der Waals surface area contributed by atoms with Crippen molar-refractivity contribution in [3.63, 3.8) is 0 Å². The summed E-state index contributed by atoms with van der Waals surface area (Å²) in [5.74, 6) is 0.796. The summed E-state index contributed by atoms with van der Waals surface area (Å²) in [6, 6.07) is 15.2. The first-order chi connectivity index (χ1) is 14.3. The van der Waals surface area contributed by atoms with Crippen molar-refractivity contribution >= 4 is 35.2 Å². The molecular weight excluding hydrogens is 416 g/mol. The second-order valence-corrected chi connectivity index (χ2v) is 9.08. The van der Waals surface area contributed by atoms with Gasteiger partial charge in [-0.3, -0.25) is 9.59 Å². The number of hydrogen-bond acceptors (Lipinski definition) is 3. The molecule has 0 aromatic heterocycles. The van der Waals surface area contributed by atoms with Crippen LogP contribution < -0.4 is 5.32 Å². The molecule has 2 rings (SSSR count). The monoisotopic (exact) mass is 446 g/mol. The van der Waals surface area contributed by atoms with Crippen molar-refractivity contribution in [1.82, 2.24) is 10.2 Å². The zero-order valence-electron chi connectivity index (χ0n) is 18.2. The van der Waals surface area contributed by atoms with E-state index in [1.165, 1.54) is 11.8 Å². The highest BCUT2D eigenvalue weighted by Gasteiger charge is 2.28. The van der Waals surface area contributed by atoms with Gasteiger partial charge in [-0.15, -0.1) is 11.8 Å². The van der Waals surface area contributed by atoms with Crippen molar-refractivity contribution in [2.45, 2.75) is 58.5 Å². The number of carbonyl (C=O) groups excluding carboxylic acids is 2. The molecule has 6 heteroatoms. The van der Waals surface area contributed by atoms with Crippen molar-refractivity contribution in [2.24, 2.45) is 0 Å². The van der Waals surface area contributed by atoms with E-state index in [2.05, 4.69) is 11.4 Å². The maximum atomic E-state index is 13.2. The van der Waals surface area contributed by atoms with Crippen LogP contribution in [0.3, 0.4) is 0 Å². The summed E-state index contributed by atoms with van der Waals surface area (Å²) in [6.45, 7) is 8.24. The van der Waals surface area contributed by atoms with Crippen LogP contribution in [0, 0.1) is 6.92 Å². The minimum atomic E-state index is -0.499. The molecule has 0 saturated carbocycles. The minimum absolute atomic E-state index is 0.0251. The minimum Gasteiger partial charge on any atom is -0.352 e. The zero-order chi connectivity index (χ0) is 22.1. The van der Waals surface area contributed by atoms with E-state index in [4.69, 9.17) is 11.6 Å². The number of carbonyl (C=O) groups is 2. The van der Waals surface area contributed by atoms with Crippen molar-refractivity contribution in [1.29, 1.82) is 0 Å². The van der Waals surface area contributed by atoms with Gasteiger partial charge < -0.3 is 10.2 Å². The van der Waals surface area contributed by atoms with Gasteiger partial charge >= 0.3 is 0 Å². The first-order valence-corrected chi connectivity index (χ1v) is 11.8. The zero-order valence-corrected chi connectivity index (χ0v) is 19.7. The summed E-state index contributed by atoms with van der Waals surface area (Å²) >= 11 is 7.74. The number of nitrogens with zero attached hydrogens (tertiary/aromatic N) is 1. The van der Waals surface area contributed by atoms with Gasteiger partial charge in [-0.25, -0.2) is 0 Å². The van der Waals surface area contributed by atoms with Gasteiger partial charge in [0.25, 0.3) is 0 Å². The first kappa shape index (κ1) is 24.3. The standard InChI is InChI=1S/C24H31ClN2O2S/c1-5-22(24(29)26-17(2)3)27(14-19-10-8-9-18(4)13-19)23(28)16-30-15-20-11-6-7-12-21(20)25/h6-13,17,22H,5,14-16H2,1-4H3,(H,26,29)/t22-/m0/s1. The van der Waals surface area contributed by atoms with Crippen LogP contribution in [0.4, 0.5) is 0 Å². The van der Waals surface area contributed by atoms with E-state index in [0.29, 0.717) is 29.5 Å². The van der Waals surface area contributed by atoms with E-state index in [0.717, 1.165) is 16.7 Å². The summed E-state index contributed by atoms with van der Waals surface area (Å²) in [7, 11) is 0. The molecule has 0 aliphatic rings. The number of halogens is 1. The van der Waals surface area contributed by atoms with Crippen LogP contribution in [0.1, 0.15) is 43.9 Å². The Morgan fingerprint density at radius 1 is 1.13 bits per heavy atom. The fraction of sp³-hybridized carbons (Fsp3) is 0.417. The molecule has 4 nitrogen and oxygen atoms in total. The first-order valence-electron chi connectivity index (χ1n) is 10.3. The molecule has 0 fully saturated rings. The molecule has 1 atom stereocenters. The number of thioether (sulfide) groups is 1. The molecule has 0 aliphatic heterocycles. The summed E-state index contributed by atoms with van der Waals surface area (Å²) in [6.07, 6.45) is 0.561. The highest BCUT2D eigenvalue weighted by Crippen LogP contribution is 2.22. The van der Waals surface area contributed by atoms with Gasteiger partial charge in [-0.1, -0.05) is 66.6 Å². The van der Waals surface area contributed by atoms with Crippen molar-refractivity contribution in [3.8, 4) is 0 Å². The second-order valence-electron chi connectivity index (χ2n) is 7.68. The molecule has 2 aromatic rings. The van der Waals surface area contributed by atoms with Gasteiger partial charge in [0.05, 0.1) is 5.75 Å². The Balaban J connectivity index is 2.14. The number of benzene rings is 2. The highest BCUT2D eigenvalue weighted by molar-refractivity contribution is 7.99. The highest BCUT2D eigenvalue weighted by atomic mass is 35.5. The smallest absolute Gasteiger partial charge is 0.243 e. The average Bonchev–Trinajstić information content (AvgIpc) is 2.68. The Kier molecular flexibility index (Phi) is 9.73. The molecule has 2 aromatic carbocycles. The summed E-state index contributed by atoms with van der Waals surface area (Å²) < 4.78 is 0. The third-order valence-electron chi connectivity index (χ3n) is 4.69. The second kappa shape index (κ2) is 12.0. The van der Waals surface area contributed by atoms with Crippen LogP contribution in [0.2, 0.25) is 5.02 Å². The molecule has 2 amide bonds. The molecule has 162 valence electrons. The van der Waals surface area contributed by atoms with Gasteiger partial charge in [0, 0.05) is 23.4 Å². The molecule has 0 saturated heterocycles. The fourth-order valence-corrected chi connectivity index (χ4v) is 4.45. The lowest BCUT2D eigenvalue weighted by molar-refractivity contribution is -0.139. The Morgan fingerprint density at radius 3 is 2.50 bits per heavy atom. The topological polar surface area (TPSA) is 49.4 Å². The quantitative estimate of drug-likeness (QED) is 0.544. The molecule has 0 radical (unpaired) electrons. The van der Waals surface area contributed by atoms with Crippen LogP contribution in [-0.4, -0.2) is 34.6 Å². The third kappa shape index (κ3) is 7.37. The summed E-state index contributed by atoms with van der Waals surface area (Å²) in [5.41, 5.74) is 3.16. The van der Waals surface area contributed by atoms with E-state index in [1.54, 1.807) is 4.90 Å².